The molecule has 2 saturated carbocycles. The van der Waals surface area contributed by atoms with Crippen molar-refractivity contribution in [1.29, 1.82) is 0 Å². The molecule has 1 heterocycles. The van der Waals surface area contributed by atoms with Gasteiger partial charge in [0.25, 0.3) is 0 Å². The van der Waals surface area contributed by atoms with E-state index in [-0.39, 0.29) is 24.6 Å². The van der Waals surface area contributed by atoms with Gasteiger partial charge in [0.15, 0.2) is 0 Å². The Morgan fingerprint density at radius 2 is 1.79 bits per heavy atom. The molecule has 0 radical (unpaired) electrons. The molecule has 208 valence electrons. The Morgan fingerprint density at radius 1 is 1.11 bits per heavy atom. The lowest BCUT2D eigenvalue weighted by Crippen LogP contribution is -2.29. The van der Waals surface area contributed by atoms with Crippen molar-refractivity contribution >= 4 is 23.4 Å². The molecule has 6 heteroatoms. The molecule has 0 amide bonds. The van der Waals surface area contributed by atoms with Crippen LogP contribution in [0, 0.1) is 24.2 Å². The maximum Gasteiger partial charge on any atom is 0.307 e. The highest BCUT2D eigenvalue weighted by atomic mass is 35.5. The minimum Gasteiger partial charge on any atom is -0.460 e. The molecular formula is C32H44ClNO4. The smallest absolute Gasteiger partial charge is 0.307 e. The summed E-state index contributed by atoms with van der Waals surface area (Å²) in [4.78, 5) is 26.4. The average Bonchev–Trinajstić information content (AvgIpc) is 3.50. The van der Waals surface area contributed by atoms with Crippen LogP contribution < -0.4 is 0 Å². The van der Waals surface area contributed by atoms with Gasteiger partial charge in [-0.2, -0.15) is 0 Å². The SMILES string of the molecule is Cc1ccc(CC(=O)[C@@H](CC(=O)OC(C)(C)C)Cc2noc(C3CC(CC(C)(C)C)C3)c2C2CC2)c(Cl)c1. The van der Waals surface area contributed by atoms with Gasteiger partial charge >= 0.3 is 5.97 Å². The Morgan fingerprint density at radius 3 is 2.37 bits per heavy atom. The molecular weight excluding hydrogens is 498 g/mol. The van der Waals surface area contributed by atoms with Gasteiger partial charge in [0.2, 0.25) is 0 Å². The van der Waals surface area contributed by atoms with Crippen molar-refractivity contribution in [2.75, 3.05) is 0 Å². The summed E-state index contributed by atoms with van der Waals surface area (Å²) in [6.45, 7) is 14.4. The molecule has 4 rings (SSSR count). The van der Waals surface area contributed by atoms with E-state index in [0.717, 1.165) is 54.2 Å². The average molecular weight is 542 g/mol. The normalized spacial score (nSPS) is 20.6. The fourth-order valence-corrected chi connectivity index (χ4v) is 6.13. The van der Waals surface area contributed by atoms with Crippen LogP contribution in [0.2, 0.25) is 5.02 Å². The fourth-order valence-electron chi connectivity index (χ4n) is 5.82. The van der Waals surface area contributed by atoms with Crippen LogP contribution in [-0.4, -0.2) is 22.5 Å². The Labute approximate surface area is 233 Å². The van der Waals surface area contributed by atoms with E-state index in [2.05, 4.69) is 25.9 Å². The lowest BCUT2D eigenvalue weighted by Gasteiger charge is -2.38. The zero-order valence-electron chi connectivity index (χ0n) is 24.2. The molecule has 1 aromatic heterocycles. The van der Waals surface area contributed by atoms with Crippen LogP contribution in [0.3, 0.4) is 0 Å². The first kappa shape index (κ1) is 28.9. The van der Waals surface area contributed by atoms with E-state index < -0.39 is 11.5 Å². The number of hydrogen-bond donors (Lipinski definition) is 0. The second-order valence-electron chi connectivity index (χ2n) is 13.9. The van der Waals surface area contributed by atoms with E-state index in [0.29, 0.717) is 28.7 Å². The first-order chi connectivity index (χ1) is 17.7. The van der Waals surface area contributed by atoms with E-state index >= 15 is 0 Å². The molecule has 0 bridgehead atoms. The topological polar surface area (TPSA) is 69.4 Å². The standard InChI is InChI=1S/C32H44ClNO4/c1-19-8-9-22(25(33)12-19)16-27(35)23(17-28(36)37-32(5,6)7)15-26-29(21-10-11-21)30(38-34-26)24-13-20(14-24)18-31(2,3)4/h8-9,12,20-21,23-24H,10-11,13-18H2,1-7H3/t20?,23-,24?/m1/s1. The number of ether oxygens (including phenoxy) is 1. The second kappa shape index (κ2) is 11.2. The predicted octanol–water partition coefficient (Wildman–Crippen LogP) is 8.15. The summed E-state index contributed by atoms with van der Waals surface area (Å²) in [5, 5.41) is 5.09. The van der Waals surface area contributed by atoms with Gasteiger partial charge in [0.05, 0.1) is 12.1 Å². The maximum atomic E-state index is 13.6. The monoisotopic (exact) mass is 541 g/mol. The number of carbonyl (C=O) groups excluding carboxylic acids is 2. The number of ketones is 1. The van der Waals surface area contributed by atoms with E-state index in [1.165, 1.54) is 12.0 Å². The molecule has 0 aliphatic heterocycles. The van der Waals surface area contributed by atoms with Crippen LogP contribution >= 0.6 is 11.6 Å². The van der Waals surface area contributed by atoms with Gasteiger partial charge < -0.3 is 9.26 Å². The van der Waals surface area contributed by atoms with Crippen LogP contribution in [0.25, 0.3) is 0 Å². The maximum absolute atomic E-state index is 13.6. The first-order valence-corrected chi connectivity index (χ1v) is 14.5. The molecule has 2 aliphatic rings. The van der Waals surface area contributed by atoms with Gasteiger partial charge in [-0.15, -0.1) is 0 Å². The van der Waals surface area contributed by atoms with E-state index in [1.54, 1.807) is 0 Å². The molecule has 0 unspecified atom stereocenters. The summed E-state index contributed by atoms with van der Waals surface area (Å²) in [6, 6.07) is 5.72. The minimum atomic E-state index is -0.612. The molecule has 1 atom stereocenters. The molecule has 0 saturated heterocycles. The second-order valence-corrected chi connectivity index (χ2v) is 14.3. The molecule has 2 aliphatic carbocycles. The Kier molecular flexibility index (Phi) is 8.47. The number of esters is 1. The lowest BCUT2D eigenvalue weighted by atomic mass is 9.67. The molecule has 0 N–H and O–H groups in total. The van der Waals surface area contributed by atoms with Crippen LogP contribution in [0.4, 0.5) is 0 Å². The molecule has 2 fully saturated rings. The van der Waals surface area contributed by atoms with Gasteiger partial charge in [-0.25, -0.2) is 0 Å². The van der Waals surface area contributed by atoms with Gasteiger partial charge in [-0.05, 0) is 94.2 Å². The van der Waals surface area contributed by atoms with Crippen molar-refractivity contribution < 1.29 is 18.8 Å². The van der Waals surface area contributed by atoms with Crippen molar-refractivity contribution in [3.05, 3.63) is 51.4 Å². The fraction of sp³-hybridized carbons (Fsp3) is 0.656. The number of aromatic nitrogens is 1. The molecule has 5 nitrogen and oxygen atoms in total. The van der Waals surface area contributed by atoms with Gasteiger partial charge in [0, 0.05) is 35.3 Å². The number of aryl methyl sites for hydroxylation is 1. The van der Waals surface area contributed by atoms with Gasteiger partial charge in [-0.1, -0.05) is 49.7 Å². The molecule has 2 aromatic rings. The van der Waals surface area contributed by atoms with Crippen LogP contribution in [0.1, 0.15) is 120 Å². The Balaban J connectivity index is 1.53. The summed E-state index contributed by atoms with van der Waals surface area (Å²) in [5.74, 6) is 1.67. The van der Waals surface area contributed by atoms with Crippen LogP contribution in [0.15, 0.2) is 22.7 Å². The summed E-state index contributed by atoms with van der Waals surface area (Å²) in [6.07, 6.45) is 6.32. The molecule has 1 aromatic carbocycles. The summed E-state index contributed by atoms with van der Waals surface area (Å²) < 4.78 is 11.6. The summed E-state index contributed by atoms with van der Waals surface area (Å²) >= 11 is 6.45. The molecule has 38 heavy (non-hydrogen) atoms. The van der Waals surface area contributed by atoms with Gasteiger partial charge in [0.1, 0.15) is 17.1 Å². The van der Waals surface area contributed by atoms with Crippen LogP contribution in [-0.2, 0) is 27.2 Å². The van der Waals surface area contributed by atoms with E-state index in [4.69, 9.17) is 20.9 Å². The quantitative estimate of drug-likeness (QED) is 0.284. The Bertz CT molecular complexity index is 1160. The number of halogens is 1. The highest BCUT2D eigenvalue weighted by Gasteiger charge is 2.41. The number of benzene rings is 1. The number of nitrogens with zero attached hydrogens (tertiary/aromatic N) is 1. The summed E-state index contributed by atoms with van der Waals surface area (Å²) in [7, 11) is 0. The highest BCUT2D eigenvalue weighted by molar-refractivity contribution is 6.31. The first-order valence-electron chi connectivity index (χ1n) is 14.2. The number of hydrogen-bond acceptors (Lipinski definition) is 5. The summed E-state index contributed by atoms with van der Waals surface area (Å²) in [5.41, 5.74) is 3.59. The Hall–Kier alpha value is -2.14. The van der Waals surface area contributed by atoms with Crippen molar-refractivity contribution in [3.8, 4) is 0 Å². The molecule has 0 spiro atoms. The van der Waals surface area contributed by atoms with Crippen molar-refractivity contribution in [2.45, 2.75) is 117 Å². The minimum absolute atomic E-state index is 0.0168. The lowest BCUT2D eigenvalue weighted by molar-refractivity contribution is -0.157. The van der Waals surface area contributed by atoms with E-state index in [9.17, 15) is 9.59 Å². The zero-order chi connectivity index (χ0) is 27.8. The van der Waals surface area contributed by atoms with Crippen LogP contribution in [0.5, 0.6) is 0 Å². The number of rotatable bonds is 10. The highest BCUT2D eigenvalue weighted by Crippen LogP contribution is 2.52. The third-order valence-corrected chi connectivity index (χ3v) is 7.98. The van der Waals surface area contributed by atoms with Crippen molar-refractivity contribution in [2.24, 2.45) is 17.3 Å². The third-order valence-electron chi connectivity index (χ3n) is 7.63. The number of Topliss-reactive ketones (excluding diaryl/α,β-unsaturated/α-hetero) is 1. The largest absolute Gasteiger partial charge is 0.460 e. The zero-order valence-corrected chi connectivity index (χ0v) is 24.9. The van der Waals surface area contributed by atoms with Gasteiger partial charge in [-0.3, -0.25) is 9.59 Å². The predicted molar refractivity (Wildman–Crippen MR) is 151 cm³/mol. The number of carbonyl (C=O) groups is 2. The van der Waals surface area contributed by atoms with E-state index in [1.807, 2.05) is 45.9 Å². The van der Waals surface area contributed by atoms with Crippen molar-refractivity contribution in [3.63, 3.8) is 0 Å². The van der Waals surface area contributed by atoms with Crippen molar-refractivity contribution in [1.82, 2.24) is 5.16 Å². The third kappa shape index (κ3) is 7.71.